The van der Waals surface area contributed by atoms with E-state index in [1.165, 1.54) is 42.7 Å². The smallest absolute Gasteiger partial charge is 0.422 e. The maximum Gasteiger partial charge on any atom is 0.422 e. The van der Waals surface area contributed by atoms with Crippen molar-refractivity contribution in [1.82, 2.24) is 19.7 Å². The Hall–Kier alpha value is -3.14. The lowest BCUT2D eigenvalue weighted by Crippen LogP contribution is -2.23. The number of phenols is 1. The van der Waals surface area contributed by atoms with Gasteiger partial charge in [-0.15, -0.1) is 0 Å². The Bertz CT molecular complexity index is 1040. The summed E-state index contributed by atoms with van der Waals surface area (Å²) in [5.74, 6) is -0.0435. The van der Waals surface area contributed by atoms with Crippen LogP contribution in [0.5, 0.6) is 11.8 Å². The molecular formula is C17H12ClF3N4O3. The van der Waals surface area contributed by atoms with Gasteiger partial charge in [-0.05, 0) is 24.3 Å². The standard InChI is InChI=1S/C17H12ClF3N4O3/c18-12-1-3-14(26)10(5-12)8-25-15(27)4-2-13(24-25)11-6-22-16(23-7-11)28-9-17(19,20)21/h1-7,26H,8-9H2. The van der Waals surface area contributed by atoms with E-state index in [2.05, 4.69) is 19.8 Å². The molecule has 28 heavy (non-hydrogen) atoms. The highest BCUT2D eigenvalue weighted by atomic mass is 35.5. The van der Waals surface area contributed by atoms with Gasteiger partial charge in [0.2, 0.25) is 0 Å². The summed E-state index contributed by atoms with van der Waals surface area (Å²) in [5.41, 5.74) is 0.646. The van der Waals surface area contributed by atoms with E-state index in [9.17, 15) is 23.1 Å². The van der Waals surface area contributed by atoms with Gasteiger partial charge in [-0.2, -0.15) is 18.3 Å². The Morgan fingerprint density at radius 2 is 1.86 bits per heavy atom. The molecule has 0 bridgehead atoms. The van der Waals surface area contributed by atoms with Crippen LogP contribution in [0.15, 0.2) is 47.5 Å². The number of benzene rings is 1. The second-order valence-electron chi connectivity index (χ2n) is 5.65. The molecular weight excluding hydrogens is 401 g/mol. The van der Waals surface area contributed by atoms with Crippen LogP contribution in [0.1, 0.15) is 5.56 Å². The Morgan fingerprint density at radius 1 is 1.14 bits per heavy atom. The van der Waals surface area contributed by atoms with Gasteiger partial charge in [-0.3, -0.25) is 4.79 Å². The van der Waals surface area contributed by atoms with E-state index in [0.29, 0.717) is 21.8 Å². The van der Waals surface area contributed by atoms with Crippen molar-refractivity contribution in [2.45, 2.75) is 12.7 Å². The summed E-state index contributed by atoms with van der Waals surface area (Å²) < 4.78 is 42.0. The first-order valence-corrected chi connectivity index (χ1v) is 8.16. The molecule has 11 heteroatoms. The van der Waals surface area contributed by atoms with Crippen LogP contribution in [0.25, 0.3) is 11.3 Å². The third-order valence-electron chi connectivity index (χ3n) is 3.52. The third kappa shape index (κ3) is 4.97. The fraction of sp³-hybridized carbons (Fsp3) is 0.176. The normalized spacial score (nSPS) is 11.4. The molecule has 1 aromatic carbocycles. The summed E-state index contributed by atoms with van der Waals surface area (Å²) in [6.45, 7) is -1.54. The zero-order valence-electron chi connectivity index (χ0n) is 14.0. The van der Waals surface area contributed by atoms with E-state index in [-0.39, 0.29) is 12.3 Å². The Labute approximate surface area is 161 Å². The third-order valence-corrected chi connectivity index (χ3v) is 3.75. The Balaban J connectivity index is 1.83. The van der Waals surface area contributed by atoms with Gasteiger partial charge in [0.25, 0.3) is 5.56 Å². The summed E-state index contributed by atoms with van der Waals surface area (Å²) in [6, 6.07) is 6.67. The maximum atomic E-state index is 12.2. The number of ether oxygens (including phenoxy) is 1. The van der Waals surface area contributed by atoms with Crippen LogP contribution in [-0.2, 0) is 6.54 Å². The number of phenolic OH excluding ortho intramolecular Hbond substituents is 1. The quantitative estimate of drug-likeness (QED) is 0.692. The van der Waals surface area contributed by atoms with Crippen molar-refractivity contribution >= 4 is 11.6 Å². The summed E-state index contributed by atoms with van der Waals surface area (Å²) >= 11 is 5.90. The second kappa shape index (κ2) is 7.85. The fourth-order valence-corrected chi connectivity index (χ4v) is 2.42. The van der Waals surface area contributed by atoms with E-state index >= 15 is 0 Å². The first-order chi connectivity index (χ1) is 13.2. The zero-order chi connectivity index (χ0) is 20.3. The SMILES string of the molecule is O=c1ccc(-c2cnc(OCC(F)(F)F)nc2)nn1Cc1cc(Cl)ccc1O. The first kappa shape index (κ1) is 19.6. The number of rotatable bonds is 5. The van der Waals surface area contributed by atoms with Gasteiger partial charge >= 0.3 is 12.2 Å². The number of nitrogens with zero attached hydrogens (tertiary/aromatic N) is 4. The fourth-order valence-electron chi connectivity index (χ4n) is 2.23. The Kier molecular flexibility index (Phi) is 5.50. The molecule has 0 saturated heterocycles. The highest BCUT2D eigenvalue weighted by Gasteiger charge is 2.28. The molecule has 0 saturated carbocycles. The van der Waals surface area contributed by atoms with Crippen molar-refractivity contribution in [2.24, 2.45) is 0 Å². The second-order valence-corrected chi connectivity index (χ2v) is 6.08. The minimum atomic E-state index is -4.50. The van der Waals surface area contributed by atoms with Crippen LogP contribution < -0.4 is 10.3 Å². The summed E-state index contributed by atoms with van der Waals surface area (Å²) in [5, 5.41) is 14.5. The van der Waals surface area contributed by atoms with Crippen LogP contribution in [0.2, 0.25) is 5.02 Å². The van der Waals surface area contributed by atoms with Crippen molar-refractivity contribution in [3.8, 4) is 23.0 Å². The molecule has 1 N–H and O–H groups in total. The molecule has 2 heterocycles. The minimum absolute atomic E-state index is 0.0350. The van der Waals surface area contributed by atoms with Crippen molar-refractivity contribution in [2.75, 3.05) is 6.61 Å². The first-order valence-electron chi connectivity index (χ1n) is 7.79. The van der Waals surface area contributed by atoms with Gasteiger partial charge in [-0.25, -0.2) is 14.6 Å². The van der Waals surface area contributed by atoms with Gasteiger partial charge in [0.15, 0.2) is 6.61 Å². The molecule has 7 nitrogen and oxygen atoms in total. The highest BCUT2D eigenvalue weighted by Crippen LogP contribution is 2.22. The molecule has 0 atom stereocenters. The van der Waals surface area contributed by atoms with Crippen LogP contribution >= 0.6 is 11.6 Å². The lowest BCUT2D eigenvalue weighted by molar-refractivity contribution is -0.154. The number of alkyl halides is 3. The summed E-state index contributed by atoms with van der Waals surface area (Å²) in [7, 11) is 0. The molecule has 3 rings (SSSR count). The average Bonchev–Trinajstić information content (AvgIpc) is 2.65. The zero-order valence-corrected chi connectivity index (χ0v) is 14.8. The lowest BCUT2D eigenvalue weighted by Gasteiger charge is -2.10. The van der Waals surface area contributed by atoms with Gasteiger partial charge in [0.05, 0.1) is 12.2 Å². The van der Waals surface area contributed by atoms with Gasteiger partial charge < -0.3 is 9.84 Å². The van der Waals surface area contributed by atoms with Crippen LogP contribution in [0.3, 0.4) is 0 Å². The highest BCUT2D eigenvalue weighted by molar-refractivity contribution is 6.30. The molecule has 0 spiro atoms. The predicted molar refractivity (Wildman–Crippen MR) is 93.3 cm³/mol. The Morgan fingerprint density at radius 3 is 2.54 bits per heavy atom. The topological polar surface area (TPSA) is 90.1 Å². The number of hydrogen-bond acceptors (Lipinski definition) is 6. The number of aromatic hydroxyl groups is 1. The molecule has 0 aliphatic rings. The molecule has 0 amide bonds. The van der Waals surface area contributed by atoms with E-state index in [1.807, 2.05) is 0 Å². The predicted octanol–water partition coefficient (Wildman–Crippen LogP) is 3.05. The van der Waals surface area contributed by atoms with Crippen molar-refractivity contribution in [1.29, 1.82) is 0 Å². The van der Waals surface area contributed by atoms with Crippen molar-refractivity contribution in [3.05, 3.63) is 63.7 Å². The van der Waals surface area contributed by atoms with Crippen LogP contribution in [0, 0.1) is 0 Å². The average molecular weight is 413 g/mol. The van der Waals surface area contributed by atoms with Crippen molar-refractivity contribution in [3.63, 3.8) is 0 Å². The summed E-state index contributed by atoms with van der Waals surface area (Å²) in [4.78, 5) is 19.5. The number of halogens is 4. The lowest BCUT2D eigenvalue weighted by atomic mass is 10.2. The van der Waals surface area contributed by atoms with E-state index in [1.54, 1.807) is 0 Å². The molecule has 0 aliphatic carbocycles. The molecule has 146 valence electrons. The van der Waals surface area contributed by atoms with Crippen LogP contribution in [0.4, 0.5) is 13.2 Å². The van der Waals surface area contributed by atoms with Gasteiger partial charge in [0.1, 0.15) is 5.75 Å². The molecule has 0 unspecified atom stereocenters. The number of hydrogen-bond donors (Lipinski definition) is 1. The van der Waals surface area contributed by atoms with Gasteiger partial charge in [0, 0.05) is 34.6 Å². The molecule has 3 aromatic rings. The van der Waals surface area contributed by atoms with E-state index < -0.39 is 24.4 Å². The maximum absolute atomic E-state index is 12.2. The molecule has 0 aliphatic heterocycles. The minimum Gasteiger partial charge on any atom is -0.508 e. The summed E-state index contributed by atoms with van der Waals surface area (Å²) in [6.07, 6.45) is -2.04. The van der Waals surface area contributed by atoms with Crippen LogP contribution in [-0.4, -0.2) is 37.6 Å². The van der Waals surface area contributed by atoms with Gasteiger partial charge in [-0.1, -0.05) is 11.6 Å². The largest absolute Gasteiger partial charge is 0.508 e. The van der Waals surface area contributed by atoms with E-state index in [4.69, 9.17) is 11.6 Å². The number of aromatic nitrogens is 4. The molecule has 0 fully saturated rings. The monoisotopic (exact) mass is 412 g/mol. The molecule has 2 aromatic heterocycles. The van der Waals surface area contributed by atoms with E-state index in [0.717, 1.165) is 4.68 Å². The molecule has 0 radical (unpaired) electrons. The van der Waals surface area contributed by atoms with Crippen molar-refractivity contribution < 1.29 is 23.0 Å².